The van der Waals surface area contributed by atoms with Gasteiger partial charge in [0.2, 0.25) is 5.62 Å². The van der Waals surface area contributed by atoms with Crippen LogP contribution in [0.15, 0.2) is 41.7 Å². The number of carbonyl (C=O) groups excluding carboxylic acids is 1. The average Bonchev–Trinajstić information content (AvgIpc) is 3.33. The number of morpholine rings is 1. The minimum absolute atomic E-state index is 0.0166. The van der Waals surface area contributed by atoms with Gasteiger partial charge in [-0.1, -0.05) is 0 Å². The van der Waals surface area contributed by atoms with Crippen molar-refractivity contribution >= 4 is 22.6 Å². The molecule has 1 amide bonds. The average molecular weight is 450 g/mol. The molecule has 2 aliphatic heterocycles. The number of hydrogen-bond acceptors (Lipinski definition) is 8. The number of nitrogens with zero attached hydrogens (tertiary/aromatic N) is 5. The lowest BCUT2D eigenvalue weighted by molar-refractivity contribution is -0.0406. The lowest BCUT2D eigenvalue weighted by Gasteiger charge is -2.30. The molecule has 0 bridgehead atoms. The number of fused-ring (bicyclic) bond motifs is 3. The summed E-state index contributed by atoms with van der Waals surface area (Å²) < 4.78 is 19.5. The van der Waals surface area contributed by atoms with E-state index in [2.05, 4.69) is 27.2 Å². The summed E-state index contributed by atoms with van der Waals surface area (Å²) in [7, 11) is 3.65. The van der Waals surface area contributed by atoms with Crippen LogP contribution in [-0.2, 0) is 11.3 Å². The van der Waals surface area contributed by atoms with Gasteiger partial charge in [0.05, 0.1) is 19.3 Å². The van der Waals surface area contributed by atoms with Gasteiger partial charge in [-0.3, -0.25) is 14.3 Å². The van der Waals surface area contributed by atoms with E-state index in [1.54, 1.807) is 25.4 Å². The number of aromatic nitrogens is 3. The minimum Gasteiger partial charge on any atom is -0.491 e. The largest absolute Gasteiger partial charge is 0.491 e. The molecule has 10 heteroatoms. The molecular weight excluding hydrogens is 424 g/mol. The summed E-state index contributed by atoms with van der Waals surface area (Å²) in [6.07, 6.45) is 3.09. The fraction of sp³-hybridized carbons (Fsp3) is 0.391. The maximum absolute atomic E-state index is 12.7. The van der Waals surface area contributed by atoms with Gasteiger partial charge in [0.25, 0.3) is 5.91 Å². The van der Waals surface area contributed by atoms with Gasteiger partial charge in [-0.25, -0.2) is 4.98 Å². The van der Waals surface area contributed by atoms with Crippen LogP contribution in [0.2, 0.25) is 0 Å². The summed E-state index contributed by atoms with van der Waals surface area (Å²) >= 11 is 0. The predicted octanol–water partition coefficient (Wildman–Crippen LogP) is 1.32. The van der Waals surface area contributed by atoms with Crippen molar-refractivity contribution in [1.29, 1.82) is 0 Å². The van der Waals surface area contributed by atoms with Crippen molar-refractivity contribution in [3.63, 3.8) is 0 Å². The first-order valence-corrected chi connectivity index (χ1v) is 10.9. The quantitative estimate of drug-likeness (QED) is 0.621. The fourth-order valence-electron chi connectivity index (χ4n) is 4.14. The van der Waals surface area contributed by atoms with Crippen molar-refractivity contribution in [3.05, 3.63) is 47.8 Å². The van der Waals surface area contributed by atoms with Crippen LogP contribution >= 0.6 is 0 Å². The van der Waals surface area contributed by atoms with E-state index in [4.69, 9.17) is 19.2 Å². The third kappa shape index (κ3) is 4.27. The Morgan fingerprint density at radius 3 is 3.03 bits per heavy atom. The first-order chi connectivity index (χ1) is 16.1. The second-order valence-corrected chi connectivity index (χ2v) is 8.06. The Hall–Kier alpha value is -3.50. The SMILES string of the molecule is COc1c(OCC2CN(C)CCO2)ccc2c3n(c(=NC(=O)c4cccnc4)nc12)CCN3. The molecule has 3 aromatic rings. The van der Waals surface area contributed by atoms with Gasteiger partial charge >= 0.3 is 0 Å². The Morgan fingerprint density at radius 2 is 2.24 bits per heavy atom. The van der Waals surface area contributed by atoms with E-state index in [9.17, 15) is 4.79 Å². The Labute approximate surface area is 190 Å². The highest BCUT2D eigenvalue weighted by molar-refractivity contribution is 5.96. The van der Waals surface area contributed by atoms with Crippen LogP contribution in [0, 0.1) is 0 Å². The lowest BCUT2D eigenvalue weighted by atomic mass is 10.2. The molecular formula is C23H26N6O4. The number of pyridine rings is 1. The first kappa shape index (κ1) is 21.4. The molecule has 1 fully saturated rings. The zero-order chi connectivity index (χ0) is 22.8. The van der Waals surface area contributed by atoms with E-state index in [0.717, 1.165) is 30.8 Å². The van der Waals surface area contributed by atoms with E-state index in [1.807, 2.05) is 16.7 Å². The normalized spacial score (nSPS) is 18.7. The molecule has 4 heterocycles. The van der Waals surface area contributed by atoms with E-state index in [-0.39, 0.29) is 6.10 Å². The zero-order valence-electron chi connectivity index (χ0n) is 18.7. The number of amides is 1. The molecule has 1 unspecified atom stereocenters. The third-order valence-corrected chi connectivity index (χ3v) is 5.78. The van der Waals surface area contributed by atoms with Gasteiger partial charge in [0, 0.05) is 44.0 Å². The van der Waals surface area contributed by atoms with Crippen molar-refractivity contribution in [2.24, 2.45) is 4.99 Å². The molecule has 0 spiro atoms. The van der Waals surface area contributed by atoms with Crippen LogP contribution < -0.4 is 20.4 Å². The molecule has 5 rings (SSSR count). The summed E-state index contributed by atoms with van der Waals surface area (Å²) in [5, 5.41) is 4.25. The summed E-state index contributed by atoms with van der Waals surface area (Å²) in [6.45, 7) is 4.19. The van der Waals surface area contributed by atoms with Crippen molar-refractivity contribution in [2.45, 2.75) is 12.6 Å². The number of anilines is 1. The van der Waals surface area contributed by atoms with E-state index < -0.39 is 5.91 Å². The molecule has 33 heavy (non-hydrogen) atoms. The highest BCUT2D eigenvalue weighted by Gasteiger charge is 2.23. The second-order valence-electron chi connectivity index (χ2n) is 8.06. The van der Waals surface area contributed by atoms with E-state index in [0.29, 0.717) is 48.0 Å². The van der Waals surface area contributed by atoms with Crippen LogP contribution in [0.4, 0.5) is 5.82 Å². The molecule has 2 aliphatic rings. The smallest absolute Gasteiger partial charge is 0.281 e. The molecule has 10 nitrogen and oxygen atoms in total. The molecule has 1 saturated heterocycles. The third-order valence-electron chi connectivity index (χ3n) is 5.78. The van der Waals surface area contributed by atoms with Crippen LogP contribution in [0.5, 0.6) is 11.5 Å². The Kier molecular flexibility index (Phi) is 5.93. The molecule has 2 aromatic heterocycles. The van der Waals surface area contributed by atoms with Gasteiger partial charge in [-0.2, -0.15) is 4.99 Å². The molecule has 0 aliphatic carbocycles. The molecule has 1 N–H and O–H groups in total. The maximum atomic E-state index is 12.7. The van der Waals surface area contributed by atoms with Crippen molar-refractivity contribution in [2.75, 3.05) is 52.3 Å². The zero-order valence-corrected chi connectivity index (χ0v) is 18.7. The predicted molar refractivity (Wildman–Crippen MR) is 122 cm³/mol. The second kappa shape index (κ2) is 9.16. The number of methoxy groups -OCH3 is 1. The van der Waals surface area contributed by atoms with Crippen molar-refractivity contribution in [3.8, 4) is 11.5 Å². The minimum atomic E-state index is -0.401. The van der Waals surface area contributed by atoms with Gasteiger partial charge in [-0.05, 0) is 31.3 Å². The molecule has 1 atom stereocenters. The van der Waals surface area contributed by atoms with Gasteiger partial charge in [-0.15, -0.1) is 0 Å². The molecule has 1 aromatic carbocycles. The number of likely N-dealkylation sites (N-methyl/N-ethyl adjacent to an activating group) is 1. The molecule has 0 radical (unpaired) electrons. The molecule has 0 saturated carbocycles. The number of carbonyl (C=O) groups is 1. The summed E-state index contributed by atoms with van der Waals surface area (Å²) in [4.78, 5) is 28.0. The van der Waals surface area contributed by atoms with E-state index >= 15 is 0 Å². The summed E-state index contributed by atoms with van der Waals surface area (Å²) in [5.74, 6) is 1.52. The number of rotatable bonds is 5. The van der Waals surface area contributed by atoms with Crippen LogP contribution in [-0.4, -0.2) is 78.5 Å². The standard InChI is InChI=1S/C23H26N6O4/c1-28-10-11-32-16(13-28)14-33-18-6-5-17-19(20(18)31-2)26-23(29-9-8-25-21(17)29)27-22(30)15-4-3-7-24-12-15/h3-7,12,16,25H,8-11,13-14H2,1-2H3. The van der Waals surface area contributed by atoms with Gasteiger partial charge < -0.3 is 24.4 Å². The maximum Gasteiger partial charge on any atom is 0.281 e. The Morgan fingerprint density at radius 1 is 1.33 bits per heavy atom. The number of ether oxygens (including phenoxy) is 3. The Balaban J connectivity index is 1.54. The number of benzene rings is 1. The summed E-state index contributed by atoms with van der Waals surface area (Å²) in [6, 6.07) is 7.22. The van der Waals surface area contributed by atoms with Crippen molar-refractivity contribution in [1.82, 2.24) is 19.4 Å². The van der Waals surface area contributed by atoms with Gasteiger partial charge in [0.1, 0.15) is 24.0 Å². The highest BCUT2D eigenvalue weighted by Crippen LogP contribution is 2.37. The van der Waals surface area contributed by atoms with Crippen molar-refractivity contribution < 1.29 is 19.0 Å². The van der Waals surface area contributed by atoms with Crippen LogP contribution in [0.25, 0.3) is 10.9 Å². The van der Waals surface area contributed by atoms with Crippen LogP contribution in [0.1, 0.15) is 10.4 Å². The number of nitrogens with one attached hydrogen (secondary N) is 1. The van der Waals surface area contributed by atoms with E-state index in [1.165, 1.54) is 6.20 Å². The lowest BCUT2D eigenvalue weighted by Crippen LogP contribution is -2.42. The number of hydrogen-bond donors (Lipinski definition) is 1. The Bertz CT molecular complexity index is 1240. The topological polar surface area (TPSA) is 103 Å². The summed E-state index contributed by atoms with van der Waals surface area (Å²) in [5.41, 5.74) is 1.29. The van der Waals surface area contributed by atoms with Gasteiger partial charge in [0.15, 0.2) is 11.5 Å². The fourth-order valence-corrected chi connectivity index (χ4v) is 4.14. The molecule has 172 valence electrons. The van der Waals surface area contributed by atoms with Crippen LogP contribution in [0.3, 0.4) is 0 Å². The monoisotopic (exact) mass is 450 g/mol. The first-order valence-electron chi connectivity index (χ1n) is 10.9. The highest BCUT2D eigenvalue weighted by atomic mass is 16.5.